The minimum Gasteiger partial charge on any atom is -0.399 e. The third kappa shape index (κ3) is 2.45. The van der Waals surface area contributed by atoms with E-state index in [1.165, 1.54) is 10.9 Å². The first kappa shape index (κ1) is 11.6. The van der Waals surface area contributed by atoms with Gasteiger partial charge in [0.2, 0.25) is 0 Å². The van der Waals surface area contributed by atoms with Crippen molar-refractivity contribution in [2.24, 2.45) is 0 Å². The normalized spacial score (nSPS) is 12.8. The summed E-state index contributed by atoms with van der Waals surface area (Å²) >= 11 is 0. The van der Waals surface area contributed by atoms with Gasteiger partial charge in [-0.3, -0.25) is 9.36 Å². The number of aryl methyl sites for hydroxylation is 1. The Hall–Kier alpha value is -1.88. The number of fused-ring (bicyclic) bond motifs is 1. The van der Waals surface area contributed by atoms with Crippen LogP contribution in [0.4, 0.5) is 5.69 Å². The molecule has 1 unspecified atom stereocenters. The molecule has 0 aliphatic carbocycles. The van der Waals surface area contributed by atoms with E-state index >= 15 is 0 Å². The summed E-state index contributed by atoms with van der Waals surface area (Å²) in [5, 5.41) is 9.72. The molecule has 1 aromatic carbocycles. The van der Waals surface area contributed by atoms with E-state index in [-0.39, 0.29) is 5.56 Å². The number of hydrogen-bond donors (Lipinski definition) is 2. The highest BCUT2D eigenvalue weighted by Gasteiger charge is 2.05. The van der Waals surface area contributed by atoms with Crippen molar-refractivity contribution in [1.82, 2.24) is 9.55 Å². The Balaban J connectivity index is 2.46. The second kappa shape index (κ2) is 4.55. The largest absolute Gasteiger partial charge is 0.399 e. The molecule has 0 amide bonds. The average molecular weight is 233 g/mol. The third-order valence-electron chi connectivity index (χ3n) is 2.64. The Morgan fingerprint density at radius 2 is 2.29 bits per heavy atom. The van der Waals surface area contributed by atoms with Gasteiger partial charge in [-0.1, -0.05) is 0 Å². The summed E-state index contributed by atoms with van der Waals surface area (Å²) in [6.07, 6.45) is 1.59. The lowest BCUT2D eigenvalue weighted by molar-refractivity contribution is 0.177. The molecule has 0 saturated carbocycles. The molecule has 0 radical (unpaired) electrons. The highest BCUT2D eigenvalue weighted by Crippen LogP contribution is 2.11. The molecule has 0 bridgehead atoms. The Bertz CT molecular complexity index is 590. The summed E-state index contributed by atoms with van der Waals surface area (Å²) in [6.45, 7) is 2.14. The van der Waals surface area contributed by atoms with Crippen LogP contribution in [0.2, 0.25) is 0 Å². The smallest absolute Gasteiger partial charge is 0.261 e. The van der Waals surface area contributed by atoms with Crippen molar-refractivity contribution in [3.05, 3.63) is 34.9 Å². The molecule has 90 valence electrons. The molecule has 2 aromatic rings. The topological polar surface area (TPSA) is 81.1 Å². The van der Waals surface area contributed by atoms with Crippen molar-refractivity contribution in [3.63, 3.8) is 0 Å². The van der Waals surface area contributed by atoms with Crippen molar-refractivity contribution < 1.29 is 5.11 Å². The fourth-order valence-corrected chi connectivity index (χ4v) is 1.66. The van der Waals surface area contributed by atoms with E-state index in [1.54, 1.807) is 25.1 Å². The fourth-order valence-electron chi connectivity index (χ4n) is 1.66. The lowest BCUT2D eigenvalue weighted by Gasteiger charge is -2.08. The summed E-state index contributed by atoms with van der Waals surface area (Å²) in [7, 11) is 0. The molecule has 17 heavy (non-hydrogen) atoms. The first-order valence-corrected chi connectivity index (χ1v) is 5.50. The number of aliphatic hydroxyl groups is 1. The Labute approximate surface area is 98.5 Å². The van der Waals surface area contributed by atoms with Crippen molar-refractivity contribution in [2.75, 3.05) is 5.73 Å². The van der Waals surface area contributed by atoms with Crippen LogP contribution in [-0.4, -0.2) is 20.8 Å². The van der Waals surface area contributed by atoms with E-state index in [0.29, 0.717) is 29.6 Å². The van der Waals surface area contributed by atoms with Gasteiger partial charge in [-0.25, -0.2) is 4.98 Å². The standard InChI is InChI=1S/C12H15N3O2/c1-8(16)4-5-15-7-14-11-3-2-9(13)6-10(11)12(15)17/h2-3,6-8,16H,4-5,13H2,1H3. The molecule has 0 aliphatic rings. The van der Waals surface area contributed by atoms with Gasteiger partial charge in [-0.2, -0.15) is 0 Å². The number of nitrogen functional groups attached to an aromatic ring is 1. The van der Waals surface area contributed by atoms with Crippen LogP contribution in [0.25, 0.3) is 10.9 Å². The van der Waals surface area contributed by atoms with Gasteiger partial charge in [0, 0.05) is 12.2 Å². The number of aliphatic hydroxyl groups excluding tert-OH is 1. The van der Waals surface area contributed by atoms with Crippen LogP contribution in [0.3, 0.4) is 0 Å². The molecular weight excluding hydrogens is 218 g/mol. The molecular formula is C12H15N3O2. The zero-order valence-electron chi connectivity index (χ0n) is 9.63. The molecule has 0 aliphatic heterocycles. The lowest BCUT2D eigenvalue weighted by atomic mass is 10.2. The number of anilines is 1. The Morgan fingerprint density at radius 3 is 3.00 bits per heavy atom. The van der Waals surface area contributed by atoms with Crippen LogP contribution in [-0.2, 0) is 6.54 Å². The van der Waals surface area contributed by atoms with Gasteiger partial charge in [-0.05, 0) is 31.5 Å². The quantitative estimate of drug-likeness (QED) is 0.766. The van der Waals surface area contributed by atoms with Gasteiger partial charge in [0.1, 0.15) is 0 Å². The molecule has 2 rings (SSSR count). The van der Waals surface area contributed by atoms with Gasteiger partial charge < -0.3 is 10.8 Å². The van der Waals surface area contributed by atoms with Gasteiger partial charge in [0.15, 0.2) is 0 Å². The van der Waals surface area contributed by atoms with Gasteiger partial charge in [-0.15, -0.1) is 0 Å². The van der Waals surface area contributed by atoms with Crippen LogP contribution < -0.4 is 11.3 Å². The molecule has 1 heterocycles. The first-order chi connectivity index (χ1) is 8.08. The Kier molecular flexibility index (Phi) is 3.10. The number of aromatic nitrogens is 2. The summed E-state index contributed by atoms with van der Waals surface area (Å²) in [5.74, 6) is 0. The van der Waals surface area contributed by atoms with E-state index in [9.17, 15) is 9.90 Å². The fraction of sp³-hybridized carbons (Fsp3) is 0.333. The highest BCUT2D eigenvalue weighted by molar-refractivity contribution is 5.80. The Morgan fingerprint density at radius 1 is 1.53 bits per heavy atom. The van der Waals surface area contributed by atoms with Crippen LogP contribution >= 0.6 is 0 Å². The van der Waals surface area contributed by atoms with Gasteiger partial charge >= 0.3 is 0 Å². The van der Waals surface area contributed by atoms with Crippen molar-refractivity contribution in [2.45, 2.75) is 26.0 Å². The monoisotopic (exact) mass is 233 g/mol. The van der Waals surface area contributed by atoms with E-state index in [2.05, 4.69) is 4.98 Å². The van der Waals surface area contributed by atoms with Crippen molar-refractivity contribution in [1.29, 1.82) is 0 Å². The SMILES string of the molecule is CC(O)CCn1cnc2ccc(N)cc2c1=O. The van der Waals surface area contributed by atoms with E-state index in [4.69, 9.17) is 5.73 Å². The van der Waals surface area contributed by atoms with E-state index in [1.807, 2.05) is 0 Å². The molecule has 1 aromatic heterocycles. The number of benzene rings is 1. The number of nitrogens with two attached hydrogens (primary N) is 1. The number of nitrogens with zero attached hydrogens (tertiary/aromatic N) is 2. The molecule has 5 nitrogen and oxygen atoms in total. The second-order valence-corrected chi connectivity index (χ2v) is 4.16. The minimum absolute atomic E-state index is 0.122. The predicted molar refractivity (Wildman–Crippen MR) is 66.7 cm³/mol. The molecule has 5 heteroatoms. The maximum atomic E-state index is 12.1. The summed E-state index contributed by atoms with van der Waals surface area (Å²) in [6, 6.07) is 5.07. The van der Waals surface area contributed by atoms with Gasteiger partial charge in [0.05, 0.1) is 23.3 Å². The molecule has 1 atom stereocenters. The van der Waals surface area contributed by atoms with Crippen LogP contribution in [0.15, 0.2) is 29.3 Å². The maximum absolute atomic E-state index is 12.1. The van der Waals surface area contributed by atoms with Gasteiger partial charge in [0.25, 0.3) is 5.56 Å². The predicted octanol–water partition coefficient (Wildman–Crippen LogP) is 0.750. The molecule has 0 fully saturated rings. The zero-order chi connectivity index (χ0) is 12.4. The van der Waals surface area contributed by atoms with Crippen molar-refractivity contribution in [3.8, 4) is 0 Å². The van der Waals surface area contributed by atoms with Crippen molar-refractivity contribution >= 4 is 16.6 Å². The molecule has 3 N–H and O–H groups in total. The highest BCUT2D eigenvalue weighted by atomic mass is 16.3. The average Bonchev–Trinajstić information content (AvgIpc) is 2.29. The first-order valence-electron chi connectivity index (χ1n) is 5.50. The van der Waals surface area contributed by atoms with E-state index < -0.39 is 6.10 Å². The molecule has 0 saturated heterocycles. The number of rotatable bonds is 3. The van der Waals surface area contributed by atoms with E-state index in [0.717, 1.165) is 0 Å². The molecule has 0 spiro atoms. The minimum atomic E-state index is -0.432. The summed E-state index contributed by atoms with van der Waals surface area (Å²) < 4.78 is 1.49. The maximum Gasteiger partial charge on any atom is 0.261 e. The lowest BCUT2D eigenvalue weighted by Crippen LogP contribution is -2.22. The second-order valence-electron chi connectivity index (χ2n) is 4.16. The van der Waals surface area contributed by atoms with Crippen LogP contribution in [0.1, 0.15) is 13.3 Å². The zero-order valence-corrected chi connectivity index (χ0v) is 9.63. The van der Waals surface area contributed by atoms with Crippen LogP contribution in [0.5, 0.6) is 0 Å². The summed E-state index contributed by atoms with van der Waals surface area (Å²) in [5.41, 5.74) is 6.71. The number of hydrogen-bond acceptors (Lipinski definition) is 4. The third-order valence-corrected chi connectivity index (χ3v) is 2.64. The summed E-state index contributed by atoms with van der Waals surface area (Å²) in [4.78, 5) is 16.3. The van der Waals surface area contributed by atoms with Crippen LogP contribution in [0, 0.1) is 0 Å².